The van der Waals surface area contributed by atoms with Crippen LogP contribution in [0.4, 0.5) is 10.2 Å². The maximum Gasteiger partial charge on any atom is 0.234 e. The molecule has 0 spiro atoms. The molecule has 4 aromatic rings. The van der Waals surface area contributed by atoms with Crippen molar-refractivity contribution in [2.45, 2.75) is 32.9 Å². The van der Waals surface area contributed by atoms with Gasteiger partial charge in [0, 0.05) is 17.0 Å². The van der Waals surface area contributed by atoms with E-state index in [9.17, 15) is 14.3 Å². The first-order valence-corrected chi connectivity index (χ1v) is 11.0. The fraction of sp³-hybridized carbons (Fsp3) is 0.231. The molecule has 1 atom stereocenters. The highest BCUT2D eigenvalue weighted by Gasteiger charge is 2.21. The number of anilines is 1. The van der Waals surface area contributed by atoms with Crippen LogP contribution in [0.15, 0.2) is 60.8 Å². The molecule has 1 unspecified atom stereocenters. The molecule has 0 aliphatic carbocycles. The zero-order valence-electron chi connectivity index (χ0n) is 19.1. The summed E-state index contributed by atoms with van der Waals surface area (Å²) >= 11 is 0. The first-order valence-electron chi connectivity index (χ1n) is 11.0. The first-order chi connectivity index (χ1) is 16.4. The third-order valence-electron chi connectivity index (χ3n) is 5.68. The molecule has 2 heterocycles. The summed E-state index contributed by atoms with van der Waals surface area (Å²) in [6, 6.07) is 15.2. The molecule has 0 aliphatic heterocycles. The van der Waals surface area contributed by atoms with E-state index in [4.69, 9.17) is 5.73 Å². The van der Waals surface area contributed by atoms with Crippen LogP contribution in [-0.2, 0) is 17.8 Å². The number of carbonyl (C=O) groups excluding carboxylic acids is 1. The molecule has 1 amide bonds. The van der Waals surface area contributed by atoms with Gasteiger partial charge in [0.2, 0.25) is 5.91 Å². The van der Waals surface area contributed by atoms with Gasteiger partial charge in [0.15, 0.2) is 0 Å². The Hall–Kier alpha value is -3.75. The van der Waals surface area contributed by atoms with E-state index >= 15 is 0 Å². The molecule has 0 radical (unpaired) electrons. The summed E-state index contributed by atoms with van der Waals surface area (Å²) in [6.07, 6.45) is 1.54. The van der Waals surface area contributed by atoms with Crippen molar-refractivity contribution < 1.29 is 14.3 Å². The molecule has 0 bridgehead atoms. The van der Waals surface area contributed by atoms with Crippen molar-refractivity contribution in [1.82, 2.24) is 15.2 Å². The highest BCUT2D eigenvalue weighted by molar-refractivity contribution is 5.96. The van der Waals surface area contributed by atoms with Crippen LogP contribution in [0.25, 0.3) is 10.8 Å². The summed E-state index contributed by atoms with van der Waals surface area (Å²) in [5, 5.41) is 19.6. The predicted octanol–water partition coefficient (Wildman–Crippen LogP) is 3.55. The number of hydrogen-bond donors (Lipinski definition) is 2. The summed E-state index contributed by atoms with van der Waals surface area (Å²) in [5.41, 5.74) is 9.28. The maximum atomic E-state index is 14.0. The number of aliphatic hydroxyl groups is 1. The Kier molecular flexibility index (Phi) is 6.90. The number of aromatic nitrogens is 3. The number of rotatable bonds is 7. The van der Waals surface area contributed by atoms with Crippen LogP contribution in [0, 0.1) is 19.7 Å². The summed E-state index contributed by atoms with van der Waals surface area (Å²) in [7, 11) is 0. The Morgan fingerprint density at radius 3 is 2.53 bits per heavy atom. The maximum absolute atomic E-state index is 14.0. The molecule has 174 valence electrons. The average molecular weight is 460 g/mol. The predicted molar refractivity (Wildman–Crippen MR) is 129 cm³/mol. The van der Waals surface area contributed by atoms with E-state index in [2.05, 4.69) is 15.2 Å². The molecule has 34 heavy (non-hydrogen) atoms. The van der Waals surface area contributed by atoms with Crippen LogP contribution < -0.4 is 10.6 Å². The number of aryl methyl sites for hydroxylation is 2. The van der Waals surface area contributed by atoms with Crippen molar-refractivity contribution in [2.24, 2.45) is 5.73 Å². The van der Waals surface area contributed by atoms with Crippen LogP contribution in [0.5, 0.6) is 0 Å². The van der Waals surface area contributed by atoms with Crippen LogP contribution in [0.2, 0.25) is 0 Å². The van der Waals surface area contributed by atoms with Crippen LogP contribution in [0.3, 0.4) is 0 Å². The summed E-state index contributed by atoms with van der Waals surface area (Å²) in [4.78, 5) is 19.5. The third-order valence-corrected chi connectivity index (χ3v) is 5.68. The zero-order chi connectivity index (χ0) is 24.2. The van der Waals surface area contributed by atoms with Gasteiger partial charge in [-0.15, -0.1) is 0 Å². The summed E-state index contributed by atoms with van der Waals surface area (Å²) < 4.78 is 14.0. The zero-order valence-corrected chi connectivity index (χ0v) is 19.1. The van der Waals surface area contributed by atoms with Crippen molar-refractivity contribution in [3.63, 3.8) is 0 Å². The van der Waals surface area contributed by atoms with Gasteiger partial charge in [-0.25, -0.2) is 9.37 Å². The molecule has 4 rings (SSSR count). The average Bonchev–Trinajstić information content (AvgIpc) is 2.83. The fourth-order valence-electron chi connectivity index (χ4n) is 3.93. The van der Waals surface area contributed by atoms with E-state index in [-0.39, 0.29) is 31.3 Å². The lowest BCUT2D eigenvalue weighted by molar-refractivity contribution is -0.118. The lowest BCUT2D eigenvalue weighted by Crippen LogP contribution is -2.33. The van der Waals surface area contributed by atoms with Crippen LogP contribution in [0.1, 0.15) is 34.1 Å². The van der Waals surface area contributed by atoms with Gasteiger partial charge in [0.05, 0.1) is 37.0 Å². The molecule has 2 aromatic heterocycles. The molecular formula is C26H26FN5O2. The number of benzene rings is 2. The lowest BCUT2D eigenvalue weighted by Gasteiger charge is -2.23. The molecule has 0 saturated carbocycles. The molecule has 8 heteroatoms. The second-order valence-electron chi connectivity index (χ2n) is 8.31. The number of carbonyl (C=O) groups is 1. The molecule has 7 nitrogen and oxygen atoms in total. The molecule has 0 aliphatic rings. The minimum Gasteiger partial charge on any atom is -0.394 e. The van der Waals surface area contributed by atoms with Crippen LogP contribution in [-0.4, -0.2) is 32.8 Å². The Labute approximate surface area is 197 Å². The SMILES string of the molecule is Cc1cc(F)cc(CN(C(=O)Cc2nnc(C)c3ccccc23)c2ccc(C(N)CO)cn2)c1. The van der Waals surface area contributed by atoms with Gasteiger partial charge in [-0.1, -0.05) is 36.4 Å². The topological polar surface area (TPSA) is 105 Å². The number of aliphatic hydroxyl groups excluding tert-OH is 1. The second-order valence-corrected chi connectivity index (χ2v) is 8.31. The lowest BCUT2D eigenvalue weighted by atomic mass is 10.1. The van der Waals surface area contributed by atoms with Crippen LogP contribution >= 0.6 is 0 Å². The van der Waals surface area contributed by atoms with Crippen molar-refractivity contribution >= 4 is 22.5 Å². The van der Waals surface area contributed by atoms with Crippen molar-refractivity contribution in [1.29, 1.82) is 0 Å². The van der Waals surface area contributed by atoms with E-state index in [0.29, 0.717) is 22.6 Å². The third kappa shape index (κ3) is 5.08. The summed E-state index contributed by atoms with van der Waals surface area (Å²) in [5.74, 6) is -0.225. The van der Waals surface area contributed by atoms with Gasteiger partial charge in [-0.3, -0.25) is 9.69 Å². The van der Waals surface area contributed by atoms with Gasteiger partial charge in [0.25, 0.3) is 0 Å². The monoisotopic (exact) mass is 459 g/mol. The van der Waals surface area contributed by atoms with E-state index < -0.39 is 6.04 Å². The number of halogens is 1. The quantitative estimate of drug-likeness (QED) is 0.438. The molecule has 0 saturated heterocycles. The van der Waals surface area contributed by atoms with E-state index in [0.717, 1.165) is 22.0 Å². The Balaban J connectivity index is 1.70. The summed E-state index contributed by atoms with van der Waals surface area (Å²) in [6.45, 7) is 3.59. The Morgan fingerprint density at radius 1 is 1.09 bits per heavy atom. The highest BCUT2D eigenvalue weighted by Crippen LogP contribution is 2.23. The van der Waals surface area contributed by atoms with E-state index in [1.807, 2.05) is 37.3 Å². The standard InChI is InChI=1S/C26H26FN5O2/c1-16-9-18(11-20(27)10-16)14-32(25-8-7-19(13-29-25)23(28)15-33)26(34)12-24-22-6-4-3-5-21(22)17(2)30-31-24/h3-11,13,23,33H,12,14-15,28H2,1-2H3. The number of pyridine rings is 1. The first kappa shape index (κ1) is 23.4. The van der Waals surface area contributed by atoms with Crippen molar-refractivity contribution in [3.8, 4) is 0 Å². The van der Waals surface area contributed by atoms with E-state index in [1.54, 1.807) is 19.1 Å². The molecule has 0 fully saturated rings. The minimum atomic E-state index is -0.564. The number of nitrogens with two attached hydrogens (primary N) is 1. The molecular weight excluding hydrogens is 433 g/mol. The normalized spacial score (nSPS) is 12.0. The smallest absolute Gasteiger partial charge is 0.234 e. The number of fused-ring (bicyclic) bond motifs is 1. The van der Waals surface area contributed by atoms with E-state index in [1.165, 1.54) is 23.2 Å². The molecule has 2 aromatic carbocycles. The number of nitrogens with zero attached hydrogens (tertiary/aromatic N) is 4. The second kappa shape index (κ2) is 10.0. The van der Waals surface area contributed by atoms with Gasteiger partial charge in [0.1, 0.15) is 11.6 Å². The van der Waals surface area contributed by atoms with Gasteiger partial charge >= 0.3 is 0 Å². The Morgan fingerprint density at radius 2 is 1.85 bits per heavy atom. The van der Waals surface area contributed by atoms with Gasteiger partial charge < -0.3 is 10.8 Å². The molecule has 3 N–H and O–H groups in total. The number of amides is 1. The van der Waals surface area contributed by atoms with Gasteiger partial charge in [-0.05, 0) is 48.7 Å². The Bertz CT molecular complexity index is 1310. The largest absolute Gasteiger partial charge is 0.394 e. The highest BCUT2D eigenvalue weighted by atomic mass is 19.1. The minimum absolute atomic E-state index is 0.00166. The van der Waals surface area contributed by atoms with Crippen molar-refractivity contribution in [2.75, 3.05) is 11.5 Å². The van der Waals surface area contributed by atoms with Crippen molar-refractivity contribution in [3.05, 3.63) is 94.7 Å². The van der Waals surface area contributed by atoms with Gasteiger partial charge in [-0.2, -0.15) is 10.2 Å². The number of hydrogen-bond acceptors (Lipinski definition) is 6. The fourth-order valence-corrected chi connectivity index (χ4v) is 3.93.